The van der Waals surface area contributed by atoms with E-state index in [-0.39, 0.29) is 10.7 Å². The van der Waals surface area contributed by atoms with Gasteiger partial charge in [-0.2, -0.15) is 0 Å². The predicted molar refractivity (Wildman–Crippen MR) is 42.3 cm³/mol. The topological polar surface area (TPSA) is 37.3 Å². The van der Waals surface area contributed by atoms with Crippen LogP contribution in [0.15, 0.2) is 0 Å². The molecule has 1 aliphatic carbocycles. The van der Waals surface area contributed by atoms with E-state index in [4.69, 9.17) is 5.11 Å². The zero-order chi connectivity index (χ0) is 7.56. The molecule has 1 aliphatic rings. The minimum atomic E-state index is -0.651. The van der Waals surface area contributed by atoms with Crippen LogP contribution in [0.3, 0.4) is 0 Å². The van der Waals surface area contributed by atoms with Gasteiger partial charge in [-0.3, -0.25) is 4.79 Å². The molecular weight excluding hydrogens is 196 g/mol. The van der Waals surface area contributed by atoms with Crippen molar-refractivity contribution in [3.8, 4) is 0 Å². The lowest BCUT2D eigenvalue weighted by Crippen LogP contribution is -2.26. The fourth-order valence-electron chi connectivity index (χ4n) is 1.36. The Bertz CT molecular complexity index is 136. The van der Waals surface area contributed by atoms with Crippen LogP contribution in [0, 0.1) is 5.92 Å². The largest absolute Gasteiger partial charge is 0.481 e. The van der Waals surface area contributed by atoms with Crippen LogP contribution < -0.4 is 0 Å². The predicted octanol–water partition coefficient (Wildman–Crippen LogP) is 2.02. The van der Waals surface area contributed by atoms with Gasteiger partial charge in [0.15, 0.2) is 0 Å². The summed E-state index contributed by atoms with van der Waals surface area (Å²) < 4.78 is 0. The van der Waals surface area contributed by atoms with E-state index >= 15 is 0 Å². The number of hydrogen-bond acceptors (Lipinski definition) is 1. The van der Waals surface area contributed by atoms with Gasteiger partial charge in [-0.05, 0) is 12.8 Å². The van der Waals surface area contributed by atoms with E-state index in [0.717, 1.165) is 19.3 Å². The highest BCUT2D eigenvalue weighted by Gasteiger charge is 2.28. The van der Waals surface area contributed by atoms with Gasteiger partial charge in [-0.25, -0.2) is 0 Å². The zero-order valence-corrected chi connectivity index (χ0v) is 7.30. The summed E-state index contributed by atoms with van der Waals surface area (Å²) >= 11 is 3.37. The lowest BCUT2D eigenvalue weighted by atomic mass is 9.89. The van der Waals surface area contributed by atoms with Gasteiger partial charge >= 0.3 is 5.97 Å². The highest BCUT2D eigenvalue weighted by atomic mass is 79.9. The van der Waals surface area contributed by atoms with Crippen molar-refractivity contribution in [3.63, 3.8) is 0 Å². The standard InChI is InChI=1S/C7H11BrO2/c8-6-4-2-1-3-5(6)7(9)10/h5-6H,1-4H2,(H,9,10)/t5-,6-/m1/s1. The molecule has 10 heavy (non-hydrogen) atoms. The van der Waals surface area contributed by atoms with Crippen LogP contribution in [0.1, 0.15) is 25.7 Å². The number of alkyl halides is 1. The number of aliphatic carboxylic acids is 1. The number of hydrogen-bond donors (Lipinski definition) is 1. The first-order valence-corrected chi connectivity index (χ1v) is 4.50. The van der Waals surface area contributed by atoms with E-state index in [0.29, 0.717) is 0 Å². The average Bonchev–Trinajstić information content (AvgIpc) is 1.88. The second-order valence-electron chi connectivity index (χ2n) is 2.75. The smallest absolute Gasteiger partial charge is 0.307 e. The summed E-state index contributed by atoms with van der Waals surface area (Å²) in [4.78, 5) is 10.7. The van der Waals surface area contributed by atoms with Crippen LogP contribution in [0.25, 0.3) is 0 Å². The Morgan fingerprint density at radius 1 is 1.40 bits per heavy atom. The maximum absolute atomic E-state index is 10.5. The molecule has 0 amide bonds. The molecule has 0 heterocycles. The molecule has 0 aromatic heterocycles. The average molecular weight is 207 g/mol. The highest BCUT2D eigenvalue weighted by molar-refractivity contribution is 9.09. The van der Waals surface area contributed by atoms with Crippen molar-refractivity contribution < 1.29 is 9.90 Å². The van der Waals surface area contributed by atoms with Crippen LogP contribution in [0.2, 0.25) is 0 Å². The molecule has 1 N–H and O–H groups in total. The van der Waals surface area contributed by atoms with E-state index in [1.807, 2.05) is 0 Å². The quantitative estimate of drug-likeness (QED) is 0.668. The monoisotopic (exact) mass is 206 g/mol. The van der Waals surface area contributed by atoms with Gasteiger partial charge in [0.05, 0.1) is 5.92 Å². The summed E-state index contributed by atoms with van der Waals surface area (Å²) in [6, 6.07) is 0. The van der Waals surface area contributed by atoms with Gasteiger partial charge in [0, 0.05) is 4.83 Å². The fraction of sp³-hybridized carbons (Fsp3) is 0.857. The Kier molecular flexibility index (Phi) is 2.72. The number of carboxylic acids is 1. The molecule has 2 atom stereocenters. The number of carboxylic acid groups (broad SMARTS) is 1. The van der Waals surface area contributed by atoms with Gasteiger partial charge in [0.1, 0.15) is 0 Å². The Labute approximate surface area is 68.7 Å². The molecule has 1 fully saturated rings. The van der Waals surface area contributed by atoms with Crippen molar-refractivity contribution in [2.45, 2.75) is 30.5 Å². The summed E-state index contributed by atoms with van der Waals surface area (Å²) in [7, 11) is 0. The summed E-state index contributed by atoms with van der Waals surface area (Å²) in [5.74, 6) is -0.796. The summed E-state index contributed by atoms with van der Waals surface area (Å²) in [5.41, 5.74) is 0. The molecule has 0 radical (unpaired) electrons. The molecule has 0 unspecified atom stereocenters. The first kappa shape index (κ1) is 8.05. The van der Waals surface area contributed by atoms with Crippen LogP contribution in [-0.2, 0) is 4.79 Å². The number of halogens is 1. The lowest BCUT2D eigenvalue weighted by molar-refractivity contribution is -0.142. The lowest BCUT2D eigenvalue weighted by Gasteiger charge is -2.23. The molecule has 2 nitrogen and oxygen atoms in total. The number of carbonyl (C=O) groups is 1. The van der Waals surface area contributed by atoms with Crippen LogP contribution in [0.5, 0.6) is 0 Å². The Morgan fingerprint density at radius 3 is 2.40 bits per heavy atom. The van der Waals surface area contributed by atoms with Crippen LogP contribution in [-0.4, -0.2) is 15.9 Å². The van der Waals surface area contributed by atoms with E-state index in [1.54, 1.807) is 0 Å². The van der Waals surface area contributed by atoms with Crippen molar-refractivity contribution >= 4 is 21.9 Å². The minimum absolute atomic E-state index is 0.145. The molecular formula is C7H11BrO2. The second kappa shape index (κ2) is 3.37. The summed E-state index contributed by atoms with van der Waals surface area (Å²) in [6.45, 7) is 0. The molecule has 1 rings (SSSR count). The van der Waals surface area contributed by atoms with Gasteiger partial charge in [0.2, 0.25) is 0 Å². The van der Waals surface area contributed by atoms with Crippen molar-refractivity contribution in [3.05, 3.63) is 0 Å². The first-order valence-electron chi connectivity index (χ1n) is 3.58. The SMILES string of the molecule is O=C(O)[C@@H]1CCCC[C@H]1Br. The van der Waals surface area contributed by atoms with E-state index in [2.05, 4.69) is 15.9 Å². The maximum atomic E-state index is 10.5. The maximum Gasteiger partial charge on any atom is 0.307 e. The van der Waals surface area contributed by atoms with E-state index in [1.165, 1.54) is 6.42 Å². The molecule has 0 spiro atoms. The Morgan fingerprint density at radius 2 is 2.00 bits per heavy atom. The van der Waals surface area contributed by atoms with Crippen molar-refractivity contribution in [2.75, 3.05) is 0 Å². The second-order valence-corrected chi connectivity index (χ2v) is 3.92. The fourth-order valence-corrected chi connectivity index (χ4v) is 2.18. The third kappa shape index (κ3) is 1.72. The van der Waals surface area contributed by atoms with Gasteiger partial charge in [-0.15, -0.1) is 0 Å². The molecule has 58 valence electrons. The van der Waals surface area contributed by atoms with Gasteiger partial charge < -0.3 is 5.11 Å². The third-order valence-corrected chi connectivity index (χ3v) is 3.09. The molecule has 3 heteroatoms. The van der Waals surface area contributed by atoms with Gasteiger partial charge in [0.25, 0.3) is 0 Å². The molecule has 0 aromatic carbocycles. The Balaban J connectivity index is 2.47. The van der Waals surface area contributed by atoms with E-state index < -0.39 is 5.97 Å². The molecule has 0 aliphatic heterocycles. The van der Waals surface area contributed by atoms with Crippen molar-refractivity contribution in [1.82, 2.24) is 0 Å². The van der Waals surface area contributed by atoms with Crippen molar-refractivity contribution in [2.24, 2.45) is 5.92 Å². The summed E-state index contributed by atoms with van der Waals surface area (Å²) in [6.07, 6.45) is 4.08. The van der Waals surface area contributed by atoms with E-state index in [9.17, 15) is 4.79 Å². The molecule has 1 saturated carbocycles. The third-order valence-electron chi connectivity index (χ3n) is 2.00. The van der Waals surface area contributed by atoms with Gasteiger partial charge in [-0.1, -0.05) is 28.8 Å². The Hall–Kier alpha value is -0.0500. The van der Waals surface area contributed by atoms with Crippen LogP contribution in [0.4, 0.5) is 0 Å². The molecule has 0 aromatic rings. The van der Waals surface area contributed by atoms with Crippen molar-refractivity contribution in [1.29, 1.82) is 0 Å². The normalized spacial score (nSPS) is 33.7. The first-order chi connectivity index (χ1) is 4.72. The minimum Gasteiger partial charge on any atom is -0.481 e. The van der Waals surface area contributed by atoms with Crippen LogP contribution >= 0.6 is 15.9 Å². The summed E-state index contributed by atoms with van der Waals surface area (Å²) in [5, 5.41) is 8.68. The molecule has 0 saturated heterocycles. The highest BCUT2D eigenvalue weighted by Crippen LogP contribution is 2.29. The number of rotatable bonds is 1. The zero-order valence-electron chi connectivity index (χ0n) is 5.72. The molecule has 0 bridgehead atoms.